The van der Waals surface area contributed by atoms with Gasteiger partial charge in [0, 0.05) is 19.4 Å². The average Bonchev–Trinajstić information content (AvgIpc) is 2.27. The molecule has 0 fully saturated rings. The average molecular weight is 273 g/mol. The van der Waals surface area contributed by atoms with Gasteiger partial charge in [-0.25, -0.2) is 4.79 Å². The highest BCUT2D eigenvalue weighted by Gasteiger charge is 2.07. The third kappa shape index (κ3) is 12.6. The molecule has 0 heterocycles. The van der Waals surface area contributed by atoms with Crippen LogP contribution in [-0.4, -0.2) is 55.1 Å². The van der Waals surface area contributed by atoms with Crippen molar-refractivity contribution in [1.29, 1.82) is 0 Å². The van der Waals surface area contributed by atoms with Gasteiger partial charge in [0.1, 0.15) is 0 Å². The van der Waals surface area contributed by atoms with Crippen LogP contribution in [0.25, 0.3) is 0 Å². The van der Waals surface area contributed by atoms with Crippen molar-refractivity contribution >= 4 is 17.9 Å². The van der Waals surface area contributed by atoms with Crippen molar-refractivity contribution in [2.24, 2.45) is 0 Å². The predicted octanol–water partition coefficient (Wildman–Crippen LogP) is 0.409. The summed E-state index contributed by atoms with van der Waals surface area (Å²) in [5.74, 6) is -1.40. The molecule has 0 aliphatic heterocycles. The summed E-state index contributed by atoms with van der Waals surface area (Å²) in [5.41, 5.74) is 0. The Kier molecular flexibility index (Phi) is 9.42. The first-order chi connectivity index (χ1) is 8.91. The van der Waals surface area contributed by atoms with Crippen LogP contribution in [0.4, 0.5) is 4.79 Å². The number of carboxylic acid groups (broad SMARTS) is 1. The summed E-state index contributed by atoms with van der Waals surface area (Å²) < 4.78 is 0. The van der Waals surface area contributed by atoms with Crippen LogP contribution in [0, 0.1) is 0 Å². The Labute approximate surface area is 113 Å². The Morgan fingerprint density at radius 3 is 2.32 bits per heavy atom. The second-order valence-corrected chi connectivity index (χ2v) is 4.56. The molecule has 0 bridgehead atoms. The minimum absolute atomic E-state index is 0.0420. The molecule has 0 saturated heterocycles. The second kappa shape index (κ2) is 10.3. The molecule has 0 saturated carbocycles. The third-order valence-corrected chi connectivity index (χ3v) is 2.37. The predicted molar refractivity (Wildman–Crippen MR) is 70.8 cm³/mol. The number of carboxylic acids is 1. The van der Waals surface area contributed by atoms with Crippen molar-refractivity contribution in [3.8, 4) is 0 Å². The fourth-order valence-corrected chi connectivity index (χ4v) is 1.39. The molecule has 110 valence electrons. The number of rotatable bonds is 9. The van der Waals surface area contributed by atoms with Crippen molar-refractivity contribution in [3.63, 3.8) is 0 Å². The van der Waals surface area contributed by atoms with Gasteiger partial charge >= 0.3 is 12.0 Å². The van der Waals surface area contributed by atoms with E-state index in [0.717, 1.165) is 19.4 Å². The van der Waals surface area contributed by atoms with E-state index in [0.29, 0.717) is 6.54 Å². The molecular formula is C12H23N3O4. The van der Waals surface area contributed by atoms with Crippen LogP contribution < -0.4 is 10.6 Å². The number of amides is 3. The van der Waals surface area contributed by atoms with Gasteiger partial charge in [-0.1, -0.05) is 0 Å². The van der Waals surface area contributed by atoms with E-state index in [9.17, 15) is 14.4 Å². The van der Waals surface area contributed by atoms with Gasteiger partial charge in [-0.05, 0) is 39.9 Å². The van der Waals surface area contributed by atoms with Crippen molar-refractivity contribution in [2.45, 2.75) is 32.1 Å². The molecule has 3 amide bonds. The van der Waals surface area contributed by atoms with Gasteiger partial charge < -0.3 is 15.3 Å². The second-order valence-electron chi connectivity index (χ2n) is 4.56. The number of carbonyl (C=O) groups is 3. The molecule has 0 aliphatic rings. The molecule has 0 atom stereocenters. The van der Waals surface area contributed by atoms with E-state index in [1.165, 1.54) is 0 Å². The van der Waals surface area contributed by atoms with Crippen molar-refractivity contribution in [2.75, 3.05) is 27.2 Å². The SMILES string of the molecule is CN(C)CCCCNC(=O)NC(=O)CCCC(=O)O. The van der Waals surface area contributed by atoms with Gasteiger partial charge in [0.25, 0.3) is 0 Å². The molecule has 0 aromatic carbocycles. The molecule has 0 aromatic heterocycles. The largest absolute Gasteiger partial charge is 0.481 e. The Morgan fingerprint density at radius 1 is 1.05 bits per heavy atom. The lowest BCUT2D eigenvalue weighted by atomic mass is 10.2. The van der Waals surface area contributed by atoms with Crippen molar-refractivity contribution < 1.29 is 19.5 Å². The lowest BCUT2D eigenvalue weighted by Crippen LogP contribution is -2.39. The monoisotopic (exact) mass is 273 g/mol. The lowest BCUT2D eigenvalue weighted by Gasteiger charge is -2.09. The maximum atomic E-state index is 11.3. The first kappa shape index (κ1) is 17.4. The zero-order valence-electron chi connectivity index (χ0n) is 11.6. The van der Waals surface area contributed by atoms with Gasteiger partial charge in [-0.2, -0.15) is 0 Å². The number of imide groups is 1. The molecule has 0 rings (SSSR count). The summed E-state index contributed by atoms with van der Waals surface area (Å²) in [4.78, 5) is 34.8. The summed E-state index contributed by atoms with van der Waals surface area (Å²) >= 11 is 0. The molecule has 0 aromatic rings. The zero-order valence-corrected chi connectivity index (χ0v) is 11.6. The van der Waals surface area contributed by atoms with Gasteiger partial charge in [-0.3, -0.25) is 14.9 Å². The minimum atomic E-state index is -0.946. The van der Waals surface area contributed by atoms with E-state index < -0.39 is 17.9 Å². The number of hydrogen-bond acceptors (Lipinski definition) is 4. The molecular weight excluding hydrogens is 250 g/mol. The van der Waals surface area contributed by atoms with Crippen LogP contribution in [0.1, 0.15) is 32.1 Å². The van der Waals surface area contributed by atoms with E-state index in [-0.39, 0.29) is 19.3 Å². The normalized spacial score (nSPS) is 10.3. The zero-order chi connectivity index (χ0) is 14.7. The Hall–Kier alpha value is -1.63. The Balaban J connectivity index is 3.52. The number of urea groups is 1. The highest BCUT2D eigenvalue weighted by Crippen LogP contribution is 1.95. The van der Waals surface area contributed by atoms with Crippen LogP contribution >= 0.6 is 0 Å². The van der Waals surface area contributed by atoms with Crippen molar-refractivity contribution in [3.05, 3.63) is 0 Å². The third-order valence-electron chi connectivity index (χ3n) is 2.37. The first-order valence-electron chi connectivity index (χ1n) is 6.36. The van der Waals surface area contributed by atoms with E-state index in [1.54, 1.807) is 0 Å². The fourth-order valence-electron chi connectivity index (χ4n) is 1.39. The summed E-state index contributed by atoms with van der Waals surface area (Å²) in [6.07, 6.45) is 2.02. The Bertz CT molecular complexity index is 305. The van der Waals surface area contributed by atoms with Crippen LogP contribution in [-0.2, 0) is 9.59 Å². The highest BCUT2D eigenvalue weighted by molar-refractivity contribution is 5.94. The molecule has 0 aliphatic carbocycles. The maximum absolute atomic E-state index is 11.3. The molecule has 0 radical (unpaired) electrons. The summed E-state index contributed by atoms with van der Waals surface area (Å²) in [7, 11) is 3.96. The number of nitrogens with one attached hydrogen (secondary N) is 2. The van der Waals surface area contributed by atoms with Crippen LogP contribution in [0.15, 0.2) is 0 Å². The molecule has 0 unspecified atom stereocenters. The molecule has 0 spiro atoms. The lowest BCUT2D eigenvalue weighted by molar-refractivity contribution is -0.137. The molecule has 3 N–H and O–H groups in total. The van der Waals surface area contributed by atoms with Gasteiger partial charge in [0.15, 0.2) is 0 Å². The maximum Gasteiger partial charge on any atom is 0.321 e. The standard InChI is InChI=1S/C12H23N3O4/c1-15(2)9-4-3-8-13-12(19)14-10(16)6-5-7-11(17)18/h3-9H2,1-2H3,(H,17,18)(H2,13,14,16,19). The molecule has 19 heavy (non-hydrogen) atoms. The smallest absolute Gasteiger partial charge is 0.321 e. The fraction of sp³-hybridized carbons (Fsp3) is 0.750. The number of unbranched alkanes of at least 4 members (excludes halogenated alkanes) is 1. The van der Waals surface area contributed by atoms with Crippen LogP contribution in [0.5, 0.6) is 0 Å². The summed E-state index contributed by atoms with van der Waals surface area (Å²) in [5, 5.41) is 13.1. The number of hydrogen-bond donors (Lipinski definition) is 3. The number of carbonyl (C=O) groups excluding carboxylic acids is 2. The molecule has 7 nitrogen and oxygen atoms in total. The topological polar surface area (TPSA) is 98.7 Å². The Morgan fingerprint density at radius 2 is 1.74 bits per heavy atom. The minimum Gasteiger partial charge on any atom is -0.481 e. The van der Waals surface area contributed by atoms with Gasteiger partial charge in [0.2, 0.25) is 5.91 Å². The van der Waals surface area contributed by atoms with Gasteiger partial charge in [-0.15, -0.1) is 0 Å². The van der Waals surface area contributed by atoms with E-state index in [1.807, 2.05) is 14.1 Å². The molecule has 7 heteroatoms. The quantitative estimate of drug-likeness (QED) is 0.528. The van der Waals surface area contributed by atoms with Gasteiger partial charge in [0.05, 0.1) is 0 Å². The number of nitrogens with zero attached hydrogens (tertiary/aromatic N) is 1. The van der Waals surface area contributed by atoms with E-state index >= 15 is 0 Å². The number of aliphatic carboxylic acids is 1. The highest BCUT2D eigenvalue weighted by atomic mass is 16.4. The van der Waals surface area contributed by atoms with E-state index in [2.05, 4.69) is 15.5 Å². The summed E-state index contributed by atoms with van der Waals surface area (Å²) in [6, 6.07) is -0.523. The first-order valence-corrected chi connectivity index (χ1v) is 6.36. The summed E-state index contributed by atoms with van der Waals surface area (Å²) in [6.45, 7) is 1.47. The van der Waals surface area contributed by atoms with Crippen LogP contribution in [0.2, 0.25) is 0 Å². The van der Waals surface area contributed by atoms with Crippen molar-refractivity contribution in [1.82, 2.24) is 15.5 Å². The van der Waals surface area contributed by atoms with E-state index in [4.69, 9.17) is 5.11 Å². The van der Waals surface area contributed by atoms with Crippen LogP contribution in [0.3, 0.4) is 0 Å².